The van der Waals surface area contributed by atoms with Crippen LogP contribution >= 0.6 is 0 Å². The smallest absolute Gasteiger partial charge is 0.383 e. The van der Waals surface area contributed by atoms with Crippen molar-refractivity contribution < 1.29 is 22.7 Å². The van der Waals surface area contributed by atoms with Gasteiger partial charge in [-0.3, -0.25) is 4.79 Å². The van der Waals surface area contributed by atoms with Crippen molar-refractivity contribution in [1.29, 1.82) is 0 Å². The van der Waals surface area contributed by atoms with Crippen molar-refractivity contribution in [1.82, 2.24) is 0 Å². The van der Waals surface area contributed by atoms with E-state index in [0.717, 1.165) is 12.1 Å². The van der Waals surface area contributed by atoms with Crippen LogP contribution in [0.3, 0.4) is 0 Å². The number of hydrogen-bond acceptors (Lipinski definition) is 3. The minimum atomic E-state index is -4.46. The van der Waals surface area contributed by atoms with Gasteiger partial charge < -0.3 is 15.8 Å². The summed E-state index contributed by atoms with van der Waals surface area (Å²) in [5.74, 6) is -0.593. The fourth-order valence-corrected chi connectivity index (χ4v) is 1.41. The summed E-state index contributed by atoms with van der Waals surface area (Å²) in [6.45, 7) is 1.58. The Morgan fingerprint density at radius 1 is 1.47 bits per heavy atom. The van der Waals surface area contributed by atoms with Gasteiger partial charge in [0.1, 0.15) is 6.04 Å². The average Bonchev–Trinajstić information content (AvgIpc) is 2.30. The maximum atomic E-state index is 12.6. The first kappa shape index (κ1) is 15.5. The molecule has 106 valence electrons. The molecule has 0 radical (unpaired) electrons. The van der Waals surface area contributed by atoms with E-state index >= 15 is 0 Å². The average molecular weight is 276 g/mol. The lowest BCUT2D eigenvalue weighted by Gasteiger charge is -2.15. The Morgan fingerprint density at radius 2 is 2.11 bits per heavy atom. The number of benzene rings is 1. The summed E-state index contributed by atoms with van der Waals surface area (Å²) < 4.78 is 42.4. The number of halogens is 3. The predicted octanol–water partition coefficient (Wildman–Crippen LogP) is 1.93. The third kappa shape index (κ3) is 4.22. The molecule has 0 heterocycles. The minimum Gasteiger partial charge on any atom is -0.383 e. The van der Waals surface area contributed by atoms with E-state index in [1.165, 1.54) is 13.2 Å². The number of carbonyl (C=O) groups excluding carboxylic acids is 1. The quantitative estimate of drug-likeness (QED) is 0.883. The van der Waals surface area contributed by atoms with Crippen molar-refractivity contribution in [3.05, 3.63) is 29.3 Å². The molecule has 1 amide bonds. The van der Waals surface area contributed by atoms with Crippen LogP contribution in [0.25, 0.3) is 0 Å². The van der Waals surface area contributed by atoms with Gasteiger partial charge in [-0.05, 0) is 24.6 Å². The number of alkyl halides is 3. The van der Waals surface area contributed by atoms with Gasteiger partial charge in [0.15, 0.2) is 0 Å². The maximum absolute atomic E-state index is 12.6. The lowest BCUT2D eigenvalue weighted by molar-refractivity contribution is -0.137. The van der Waals surface area contributed by atoms with Gasteiger partial charge >= 0.3 is 6.18 Å². The van der Waals surface area contributed by atoms with E-state index in [0.29, 0.717) is 5.56 Å². The predicted molar refractivity (Wildman–Crippen MR) is 64.7 cm³/mol. The number of ether oxygens (including phenoxy) is 1. The van der Waals surface area contributed by atoms with E-state index in [9.17, 15) is 18.0 Å². The highest BCUT2D eigenvalue weighted by Crippen LogP contribution is 2.32. The van der Waals surface area contributed by atoms with Crippen molar-refractivity contribution in [3.8, 4) is 0 Å². The molecule has 0 aromatic heterocycles. The normalized spacial score (nSPS) is 13.2. The first-order valence-electron chi connectivity index (χ1n) is 5.49. The molecule has 1 unspecified atom stereocenters. The number of carbonyl (C=O) groups is 1. The summed E-state index contributed by atoms with van der Waals surface area (Å²) in [4.78, 5) is 11.6. The molecule has 1 aromatic carbocycles. The summed E-state index contributed by atoms with van der Waals surface area (Å²) in [6.07, 6.45) is -4.46. The highest BCUT2D eigenvalue weighted by Gasteiger charge is 2.31. The third-order valence-corrected chi connectivity index (χ3v) is 2.51. The molecule has 7 heteroatoms. The molecule has 1 atom stereocenters. The molecule has 0 fully saturated rings. The molecule has 3 N–H and O–H groups in total. The molecule has 0 bridgehead atoms. The summed E-state index contributed by atoms with van der Waals surface area (Å²) in [5, 5.41) is 2.36. The summed E-state index contributed by atoms with van der Waals surface area (Å²) in [6, 6.07) is 2.20. The second-order valence-electron chi connectivity index (χ2n) is 4.08. The second-order valence-corrected chi connectivity index (χ2v) is 4.08. The topological polar surface area (TPSA) is 64.3 Å². The molecule has 0 aliphatic heterocycles. The van der Waals surface area contributed by atoms with Crippen LogP contribution in [0.15, 0.2) is 18.2 Å². The van der Waals surface area contributed by atoms with Crippen LogP contribution < -0.4 is 11.1 Å². The van der Waals surface area contributed by atoms with Gasteiger partial charge in [0.2, 0.25) is 5.91 Å². The summed E-state index contributed by atoms with van der Waals surface area (Å²) >= 11 is 0. The first-order chi connectivity index (χ1) is 8.75. The second kappa shape index (κ2) is 6.03. The van der Waals surface area contributed by atoms with E-state index in [1.807, 2.05) is 0 Å². The van der Waals surface area contributed by atoms with Gasteiger partial charge in [0.25, 0.3) is 0 Å². The highest BCUT2D eigenvalue weighted by atomic mass is 19.4. The van der Waals surface area contributed by atoms with E-state index in [-0.39, 0.29) is 12.3 Å². The van der Waals surface area contributed by atoms with Crippen molar-refractivity contribution in [2.75, 3.05) is 19.0 Å². The molecule has 0 spiro atoms. The lowest BCUT2D eigenvalue weighted by atomic mass is 10.1. The van der Waals surface area contributed by atoms with Crippen LogP contribution in [0.2, 0.25) is 0 Å². The van der Waals surface area contributed by atoms with Crippen LogP contribution in [0.1, 0.15) is 11.1 Å². The standard InChI is InChI=1S/C12H15F3N2O2/c1-7-3-4-8(12(13,14)15)5-10(7)17-11(18)9(16)6-19-2/h3-5,9H,6,16H2,1-2H3,(H,17,18). The Balaban J connectivity index is 2.92. The Morgan fingerprint density at radius 3 is 2.63 bits per heavy atom. The molecular formula is C12H15F3N2O2. The third-order valence-electron chi connectivity index (χ3n) is 2.51. The van der Waals surface area contributed by atoms with Crippen molar-refractivity contribution in [2.45, 2.75) is 19.1 Å². The molecule has 1 aromatic rings. The molecule has 4 nitrogen and oxygen atoms in total. The van der Waals surface area contributed by atoms with Gasteiger partial charge in [0.05, 0.1) is 12.2 Å². The van der Waals surface area contributed by atoms with E-state index in [4.69, 9.17) is 10.5 Å². The molecule has 19 heavy (non-hydrogen) atoms. The zero-order valence-corrected chi connectivity index (χ0v) is 10.5. The van der Waals surface area contributed by atoms with Crippen LogP contribution in [0.5, 0.6) is 0 Å². The highest BCUT2D eigenvalue weighted by molar-refractivity contribution is 5.95. The van der Waals surface area contributed by atoms with Crippen molar-refractivity contribution >= 4 is 11.6 Å². The Hall–Kier alpha value is -1.60. The number of amides is 1. The number of hydrogen-bond donors (Lipinski definition) is 2. The van der Waals surface area contributed by atoms with Crippen LogP contribution in [0, 0.1) is 6.92 Å². The largest absolute Gasteiger partial charge is 0.416 e. The van der Waals surface area contributed by atoms with E-state index < -0.39 is 23.7 Å². The molecular weight excluding hydrogens is 261 g/mol. The van der Waals surface area contributed by atoms with E-state index in [2.05, 4.69) is 5.32 Å². The Labute approximate surface area is 108 Å². The van der Waals surface area contributed by atoms with Gasteiger partial charge in [-0.2, -0.15) is 13.2 Å². The van der Waals surface area contributed by atoms with Crippen molar-refractivity contribution in [3.63, 3.8) is 0 Å². The maximum Gasteiger partial charge on any atom is 0.416 e. The van der Waals surface area contributed by atoms with Crippen LogP contribution in [-0.4, -0.2) is 25.7 Å². The SMILES string of the molecule is COCC(N)C(=O)Nc1cc(C(F)(F)F)ccc1C. The minimum absolute atomic E-state index is 0.0101. The number of methoxy groups -OCH3 is 1. The molecule has 1 rings (SSSR count). The summed E-state index contributed by atoms with van der Waals surface area (Å²) in [7, 11) is 1.38. The zero-order valence-electron chi connectivity index (χ0n) is 10.5. The molecule has 0 saturated carbocycles. The van der Waals surface area contributed by atoms with Crippen LogP contribution in [0.4, 0.5) is 18.9 Å². The number of aryl methyl sites for hydroxylation is 1. The van der Waals surface area contributed by atoms with Crippen LogP contribution in [-0.2, 0) is 15.7 Å². The van der Waals surface area contributed by atoms with Crippen molar-refractivity contribution in [2.24, 2.45) is 5.73 Å². The number of anilines is 1. The van der Waals surface area contributed by atoms with Gasteiger partial charge in [0, 0.05) is 12.8 Å². The molecule has 0 saturated heterocycles. The number of nitrogens with one attached hydrogen (secondary N) is 1. The summed E-state index contributed by atoms with van der Waals surface area (Å²) in [5.41, 5.74) is 5.27. The molecule has 0 aliphatic carbocycles. The molecule has 0 aliphatic rings. The fourth-order valence-electron chi connectivity index (χ4n) is 1.41. The number of nitrogens with two attached hydrogens (primary N) is 1. The fraction of sp³-hybridized carbons (Fsp3) is 0.417. The first-order valence-corrected chi connectivity index (χ1v) is 5.49. The van der Waals surface area contributed by atoms with Gasteiger partial charge in [-0.25, -0.2) is 0 Å². The van der Waals surface area contributed by atoms with Gasteiger partial charge in [-0.15, -0.1) is 0 Å². The Bertz CT molecular complexity index is 461. The van der Waals surface area contributed by atoms with Gasteiger partial charge in [-0.1, -0.05) is 6.07 Å². The zero-order chi connectivity index (χ0) is 14.6. The van der Waals surface area contributed by atoms with E-state index in [1.54, 1.807) is 6.92 Å². The Kier molecular flexibility index (Phi) is 4.90. The monoisotopic (exact) mass is 276 g/mol. The number of rotatable bonds is 4. The lowest BCUT2D eigenvalue weighted by Crippen LogP contribution is -2.39.